The molecule has 0 saturated carbocycles. The van der Waals surface area contributed by atoms with Crippen LogP contribution < -0.4 is 10.1 Å². The molecular weight excluding hydrogens is 234 g/mol. The van der Waals surface area contributed by atoms with Gasteiger partial charge >= 0.3 is 0 Å². The van der Waals surface area contributed by atoms with Crippen LogP contribution in [-0.2, 0) is 0 Å². The zero-order chi connectivity index (χ0) is 12.1. The summed E-state index contributed by atoms with van der Waals surface area (Å²) in [4.78, 5) is 8.65. The predicted molar refractivity (Wildman–Crippen MR) is 71.9 cm³/mol. The molecule has 0 radical (unpaired) electrons. The summed E-state index contributed by atoms with van der Waals surface area (Å²) in [6.45, 7) is 2.92. The smallest absolute Gasteiger partial charge is 0.226 e. The van der Waals surface area contributed by atoms with Crippen molar-refractivity contribution in [3.63, 3.8) is 0 Å². The highest BCUT2D eigenvalue weighted by Gasteiger charge is 2.13. The minimum Gasteiger partial charge on any atom is -0.481 e. The van der Waals surface area contributed by atoms with E-state index in [1.165, 1.54) is 24.3 Å². The molecule has 0 bridgehead atoms. The van der Waals surface area contributed by atoms with Crippen LogP contribution in [0.5, 0.6) is 5.88 Å². The van der Waals surface area contributed by atoms with Crippen molar-refractivity contribution in [2.75, 3.05) is 30.5 Å². The fourth-order valence-electron chi connectivity index (χ4n) is 1.91. The summed E-state index contributed by atoms with van der Waals surface area (Å²) in [5.41, 5.74) is 0.929. The summed E-state index contributed by atoms with van der Waals surface area (Å²) in [5, 5.41) is 3.32. The molecule has 1 aromatic heterocycles. The lowest BCUT2D eigenvalue weighted by atomic mass is 10.0. The lowest BCUT2D eigenvalue weighted by Crippen LogP contribution is -2.20. The van der Waals surface area contributed by atoms with E-state index in [0.29, 0.717) is 11.8 Å². The molecule has 1 saturated heterocycles. The van der Waals surface area contributed by atoms with Gasteiger partial charge in [-0.3, -0.25) is 0 Å². The maximum Gasteiger partial charge on any atom is 0.226 e. The number of aromatic nitrogens is 2. The number of methoxy groups -OCH3 is 1. The number of ether oxygens (including phenoxy) is 1. The van der Waals surface area contributed by atoms with E-state index in [9.17, 15) is 0 Å². The first-order chi connectivity index (χ1) is 8.28. The van der Waals surface area contributed by atoms with Crippen LogP contribution in [0.2, 0.25) is 0 Å². The molecule has 0 atom stereocenters. The maximum atomic E-state index is 5.13. The molecular formula is C12H19N3OS. The number of rotatable bonds is 4. The quantitative estimate of drug-likeness (QED) is 0.892. The lowest BCUT2D eigenvalue weighted by molar-refractivity contribution is 0.396. The minimum absolute atomic E-state index is 0.624. The second-order valence-electron chi connectivity index (χ2n) is 4.31. The zero-order valence-corrected chi connectivity index (χ0v) is 11.2. The number of hydrogen-bond donors (Lipinski definition) is 1. The zero-order valence-electron chi connectivity index (χ0n) is 10.4. The number of aryl methyl sites for hydroxylation is 1. The van der Waals surface area contributed by atoms with Gasteiger partial charge in [0, 0.05) is 18.3 Å². The molecule has 1 N–H and O–H groups in total. The molecule has 0 spiro atoms. The van der Waals surface area contributed by atoms with E-state index in [1.54, 1.807) is 7.11 Å². The highest BCUT2D eigenvalue weighted by atomic mass is 32.2. The number of hydrogen-bond acceptors (Lipinski definition) is 5. The van der Waals surface area contributed by atoms with Crippen LogP contribution in [-0.4, -0.2) is 35.1 Å². The highest BCUT2D eigenvalue weighted by Crippen LogP contribution is 2.22. The third-order valence-corrected chi connectivity index (χ3v) is 3.98. The van der Waals surface area contributed by atoms with Crippen molar-refractivity contribution < 1.29 is 4.74 Å². The molecule has 2 heterocycles. The van der Waals surface area contributed by atoms with Crippen LogP contribution in [0.25, 0.3) is 0 Å². The van der Waals surface area contributed by atoms with Crippen molar-refractivity contribution in [3.05, 3.63) is 11.8 Å². The van der Waals surface area contributed by atoms with E-state index in [4.69, 9.17) is 4.74 Å². The Kier molecular flexibility index (Phi) is 4.48. The minimum atomic E-state index is 0.624. The molecule has 2 rings (SSSR count). The molecule has 0 amide bonds. The van der Waals surface area contributed by atoms with Gasteiger partial charge in [0.1, 0.15) is 0 Å². The molecule has 1 fully saturated rings. The molecule has 4 nitrogen and oxygen atoms in total. The fraction of sp³-hybridized carbons (Fsp3) is 0.667. The van der Waals surface area contributed by atoms with Crippen LogP contribution in [0.4, 0.5) is 5.95 Å². The summed E-state index contributed by atoms with van der Waals surface area (Å²) >= 11 is 2.05. The second-order valence-corrected chi connectivity index (χ2v) is 5.54. The van der Waals surface area contributed by atoms with Crippen LogP contribution in [0.1, 0.15) is 18.5 Å². The molecule has 0 aliphatic carbocycles. The Labute approximate surface area is 107 Å². The molecule has 5 heteroatoms. The maximum absolute atomic E-state index is 5.13. The normalized spacial score (nSPS) is 16.8. The van der Waals surface area contributed by atoms with Crippen molar-refractivity contribution in [1.29, 1.82) is 0 Å². The third kappa shape index (κ3) is 3.77. The Morgan fingerprint density at radius 2 is 2.18 bits per heavy atom. The topological polar surface area (TPSA) is 47.0 Å². The van der Waals surface area contributed by atoms with Crippen LogP contribution >= 0.6 is 11.8 Å². The van der Waals surface area contributed by atoms with Gasteiger partial charge in [-0.25, -0.2) is 4.98 Å². The molecule has 1 aliphatic heterocycles. The molecule has 1 aromatic rings. The Morgan fingerprint density at radius 1 is 1.41 bits per heavy atom. The highest BCUT2D eigenvalue weighted by molar-refractivity contribution is 7.99. The SMILES string of the molecule is COc1cc(C)nc(NCC2CCSCC2)n1. The molecule has 1 aliphatic rings. The Balaban J connectivity index is 1.91. The average molecular weight is 253 g/mol. The van der Waals surface area contributed by atoms with Crippen molar-refractivity contribution in [2.45, 2.75) is 19.8 Å². The van der Waals surface area contributed by atoms with Crippen LogP contribution in [0.15, 0.2) is 6.07 Å². The summed E-state index contributed by atoms with van der Waals surface area (Å²) < 4.78 is 5.13. The van der Waals surface area contributed by atoms with E-state index in [2.05, 4.69) is 15.3 Å². The second kappa shape index (κ2) is 6.10. The van der Waals surface area contributed by atoms with Gasteiger partial charge in [-0.1, -0.05) is 0 Å². The summed E-state index contributed by atoms with van der Waals surface area (Å²) in [6.07, 6.45) is 2.58. The van der Waals surface area contributed by atoms with Crippen molar-refractivity contribution in [3.8, 4) is 5.88 Å². The number of nitrogens with one attached hydrogen (secondary N) is 1. The van der Waals surface area contributed by atoms with Gasteiger partial charge in [0.25, 0.3) is 0 Å². The Bertz CT molecular complexity index is 367. The fourth-order valence-corrected chi connectivity index (χ4v) is 3.11. The largest absolute Gasteiger partial charge is 0.481 e. The third-order valence-electron chi connectivity index (χ3n) is 2.93. The molecule has 17 heavy (non-hydrogen) atoms. The number of thioether (sulfide) groups is 1. The molecule has 0 unspecified atom stereocenters. The van der Waals surface area contributed by atoms with E-state index in [1.807, 2.05) is 24.8 Å². The van der Waals surface area contributed by atoms with Gasteiger partial charge in [0.2, 0.25) is 11.8 Å². The van der Waals surface area contributed by atoms with Crippen molar-refractivity contribution in [2.24, 2.45) is 5.92 Å². The first-order valence-electron chi connectivity index (χ1n) is 5.99. The number of nitrogens with zero attached hydrogens (tertiary/aromatic N) is 2. The van der Waals surface area contributed by atoms with Crippen LogP contribution in [0.3, 0.4) is 0 Å². The standard InChI is InChI=1S/C12H19N3OS/c1-9-7-11(16-2)15-12(14-9)13-8-10-3-5-17-6-4-10/h7,10H,3-6,8H2,1-2H3,(H,13,14,15). The summed E-state index contributed by atoms with van der Waals surface area (Å²) in [6, 6.07) is 1.84. The summed E-state index contributed by atoms with van der Waals surface area (Å²) in [7, 11) is 1.63. The first kappa shape index (κ1) is 12.5. The van der Waals surface area contributed by atoms with Gasteiger partial charge in [0.05, 0.1) is 7.11 Å². The van der Waals surface area contributed by atoms with E-state index in [-0.39, 0.29) is 0 Å². The van der Waals surface area contributed by atoms with Gasteiger partial charge in [-0.05, 0) is 37.2 Å². The van der Waals surface area contributed by atoms with Gasteiger partial charge in [-0.15, -0.1) is 0 Å². The molecule has 0 aromatic carbocycles. The van der Waals surface area contributed by atoms with Gasteiger partial charge in [-0.2, -0.15) is 16.7 Å². The predicted octanol–water partition coefficient (Wildman–Crippen LogP) is 2.35. The average Bonchev–Trinajstić information content (AvgIpc) is 2.37. The lowest BCUT2D eigenvalue weighted by Gasteiger charge is -2.21. The van der Waals surface area contributed by atoms with Gasteiger partial charge < -0.3 is 10.1 Å². The van der Waals surface area contributed by atoms with Crippen molar-refractivity contribution in [1.82, 2.24) is 9.97 Å². The van der Waals surface area contributed by atoms with Gasteiger partial charge in [0.15, 0.2) is 0 Å². The van der Waals surface area contributed by atoms with Crippen molar-refractivity contribution >= 4 is 17.7 Å². The Hall–Kier alpha value is -0.970. The molecule has 94 valence electrons. The number of anilines is 1. The Morgan fingerprint density at radius 3 is 2.88 bits per heavy atom. The van der Waals surface area contributed by atoms with Crippen LogP contribution in [0, 0.1) is 12.8 Å². The van der Waals surface area contributed by atoms with E-state index in [0.717, 1.165) is 18.2 Å². The first-order valence-corrected chi connectivity index (χ1v) is 7.14. The summed E-state index contributed by atoms with van der Waals surface area (Å²) in [5.74, 6) is 4.62. The monoisotopic (exact) mass is 253 g/mol. The van der Waals surface area contributed by atoms with E-state index >= 15 is 0 Å². The van der Waals surface area contributed by atoms with E-state index < -0.39 is 0 Å².